The molecular weight excluding hydrogens is 474 g/mol. The molecule has 1 amide bonds. The SMILES string of the molecule is CCCCCCCCCCCCCCCC(=O)OCOC(=O)N(CCC)C1CCc2nc(N)sc2C1. The van der Waals surface area contributed by atoms with E-state index in [1.807, 2.05) is 6.92 Å². The molecule has 1 heterocycles. The number of ether oxygens (including phenoxy) is 2. The average molecular weight is 524 g/mol. The van der Waals surface area contributed by atoms with Crippen molar-refractivity contribution in [3.63, 3.8) is 0 Å². The van der Waals surface area contributed by atoms with Crippen LogP contribution < -0.4 is 5.73 Å². The summed E-state index contributed by atoms with van der Waals surface area (Å²) in [6, 6.07) is 0.0614. The zero-order valence-electron chi connectivity index (χ0n) is 22.7. The maximum atomic E-state index is 12.7. The maximum Gasteiger partial charge on any atom is 0.412 e. The van der Waals surface area contributed by atoms with Gasteiger partial charge in [-0.3, -0.25) is 4.79 Å². The Hall–Kier alpha value is -1.83. The lowest BCUT2D eigenvalue weighted by atomic mass is 9.96. The highest BCUT2D eigenvalue weighted by Crippen LogP contribution is 2.30. The molecule has 1 atom stereocenters. The van der Waals surface area contributed by atoms with Gasteiger partial charge >= 0.3 is 12.1 Å². The summed E-state index contributed by atoms with van der Waals surface area (Å²) >= 11 is 1.50. The van der Waals surface area contributed by atoms with Crippen molar-refractivity contribution >= 4 is 28.5 Å². The molecule has 2 rings (SSSR count). The molecule has 1 aliphatic carbocycles. The molecule has 0 saturated heterocycles. The first-order chi connectivity index (χ1) is 17.5. The van der Waals surface area contributed by atoms with E-state index in [2.05, 4.69) is 11.9 Å². The number of hydrogen-bond acceptors (Lipinski definition) is 7. The van der Waals surface area contributed by atoms with Crippen molar-refractivity contribution in [1.29, 1.82) is 0 Å². The number of rotatable bonds is 19. The fourth-order valence-corrected chi connectivity index (χ4v) is 5.84. The Kier molecular flexibility index (Phi) is 15.6. The number of carbonyl (C=O) groups is 2. The third-order valence-corrected chi connectivity index (χ3v) is 7.91. The standard InChI is InChI=1S/C28H49N3O4S/c1-3-5-6-7-8-9-10-11-12-13-14-15-16-17-26(32)34-22-35-28(33)31(20-4-2)23-18-19-24-25(21-23)36-27(29)30-24/h23H,3-22H2,1-2H3,(H2,29,30). The topological polar surface area (TPSA) is 94.8 Å². The van der Waals surface area contributed by atoms with E-state index in [-0.39, 0.29) is 18.8 Å². The number of nitrogens with zero attached hydrogens (tertiary/aromatic N) is 2. The molecule has 206 valence electrons. The number of aryl methyl sites for hydroxylation is 1. The van der Waals surface area contributed by atoms with E-state index >= 15 is 0 Å². The first-order valence-corrected chi connectivity index (χ1v) is 15.2. The van der Waals surface area contributed by atoms with Crippen LogP contribution >= 0.6 is 11.3 Å². The number of carbonyl (C=O) groups excluding carboxylic acids is 2. The largest absolute Gasteiger partial charge is 0.428 e. The molecule has 0 radical (unpaired) electrons. The number of anilines is 1. The fraction of sp³-hybridized carbons (Fsp3) is 0.821. The molecule has 8 heteroatoms. The van der Waals surface area contributed by atoms with Crippen LogP contribution in [0.25, 0.3) is 0 Å². The summed E-state index contributed by atoms with van der Waals surface area (Å²) in [5.41, 5.74) is 6.90. The number of hydrogen-bond donors (Lipinski definition) is 1. The summed E-state index contributed by atoms with van der Waals surface area (Å²) < 4.78 is 10.5. The predicted octanol–water partition coefficient (Wildman–Crippen LogP) is 7.41. The lowest BCUT2D eigenvalue weighted by Gasteiger charge is -2.32. The zero-order valence-corrected chi connectivity index (χ0v) is 23.5. The Morgan fingerprint density at radius 3 is 2.14 bits per heavy atom. The summed E-state index contributed by atoms with van der Waals surface area (Å²) in [6.07, 6.45) is 19.7. The van der Waals surface area contributed by atoms with Gasteiger partial charge in [-0.05, 0) is 25.7 Å². The fourth-order valence-electron chi connectivity index (χ4n) is 4.90. The number of nitrogen functional groups attached to an aromatic ring is 1. The van der Waals surface area contributed by atoms with E-state index in [1.165, 1.54) is 82.0 Å². The van der Waals surface area contributed by atoms with Crippen LogP contribution in [0, 0.1) is 0 Å². The summed E-state index contributed by atoms with van der Waals surface area (Å²) in [6.45, 7) is 4.59. The van der Waals surface area contributed by atoms with E-state index in [0.717, 1.165) is 49.1 Å². The highest BCUT2D eigenvalue weighted by Gasteiger charge is 2.30. The van der Waals surface area contributed by atoms with Crippen molar-refractivity contribution in [2.24, 2.45) is 0 Å². The van der Waals surface area contributed by atoms with Crippen molar-refractivity contribution in [3.8, 4) is 0 Å². The molecule has 1 aromatic rings. The molecule has 36 heavy (non-hydrogen) atoms. The highest BCUT2D eigenvalue weighted by molar-refractivity contribution is 7.15. The van der Waals surface area contributed by atoms with Crippen LogP contribution in [0.1, 0.15) is 127 Å². The lowest BCUT2D eigenvalue weighted by molar-refractivity contribution is -0.152. The van der Waals surface area contributed by atoms with Gasteiger partial charge in [0.15, 0.2) is 5.13 Å². The number of fused-ring (bicyclic) bond motifs is 1. The summed E-state index contributed by atoms with van der Waals surface area (Å²) in [7, 11) is 0. The molecule has 0 aliphatic heterocycles. The second-order valence-corrected chi connectivity index (χ2v) is 11.2. The van der Waals surface area contributed by atoms with Gasteiger partial charge in [-0.25, -0.2) is 9.78 Å². The predicted molar refractivity (Wildman–Crippen MR) is 147 cm³/mol. The molecule has 0 fully saturated rings. The molecular formula is C28H49N3O4S. The highest BCUT2D eigenvalue weighted by atomic mass is 32.1. The molecule has 2 N–H and O–H groups in total. The number of unbranched alkanes of at least 4 members (excludes halogenated alkanes) is 12. The Morgan fingerprint density at radius 2 is 1.53 bits per heavy atom. The van der Waals surface area contributed by atoms with Crippen molar-refractivity contribution < 1.29 is 19.1 Å². The normalized spacial score (nSPS) is 14.9. The second-order valence-electron chi connectivity index (χ2n) is 10.0. The van der Waals surface area contributed by atoms with Gasteiger partial charge in [-0.15, -0.1) is 11.3 Å². The van der Waals surface area contributed by atoms with Crippen molar-refractivity contribution in [2.75, 3.05) is 19.1 Å². The van der Waals surface area contributed by atoms with Crippen LogP contribution in [0.4, 0.5) is 9.93 Å². The van der Waals surface area contributed by atoms with Crippen molar-refractivity contribution in [2.45, 2.75) is 135 Å². The Labute approximate surface area is 222 Å². The van der Waals surface area contributed by atoms with Gasteiger partial charge in [0.2, 0.25) is 6.79 Å². The van der Waals surface area contributed by atoms with Crippen LogP contribution in [-0.2, 0) is 27.1 Å². The van der Waals surface area contributed by atoms with Gasteiger partial charge in [0.1, 0.15) is 0 Å². The van der Waals surface area contributed by atoms with E-state index in [4.69, 9.17) is 15.2 Å². The number of esters is 1. The molecule has 1 aliphatic rings. The van der Waals surface area contributed by atoms with Gasteiger partial charge in [-0.1, -0.05) is 90.9 Å². The molecule has 1 aromatic heterocycles. The molecule has 7 nitrogen and oxygen atoms in total. The summed E-state index contributed by atoms with van der Waals surface area (Å²) in [4.78, 5) is 32.0. The molecule has 0 saturated carbocycles. The Balaban J connectivity index is 1.49. The number of nitrogens with two attached hydrogens (primary N) is 1. The first-order valence-electron chi connectivity index (χ1n) is 14.4. The number of thiazole rings is 1. The Morgan fingerprint density at radius 1 is 0.917 bits per heavy atom. The first kappa shape index (κ1) is 30.4. The van der Waals surface area contributed by atoms with Gasteiger partial charge in [0.05, 0.1) is 5.69 Å². The van der Waals surface area contributed by atoms with Crippen LogP contribution in [0.3, 0.4) is 0 Å². The van der Waals surface area contributed by atoms with Crippen LogP contribution in [-0.4, -0.2) is 41.3 Å². The van der Waals surface area contributed by atoms with Crippen LogP contribution in [0.15, 0.2) is 0 Å². The lowest BCUT2D eigenvalue weighted by Crippen LogP contribution is -2.44. The van der Waals surface area contributed by atoms with Crippen LogP contribution in [0.2, 0.25) is 0 Å². The molecule has 1 unspecified atom stereocenters. The third kappa shape index (κ3) is 11.9. The molecule has 0 bridgehead atoms. The zero-order chi connectivity index (χ0) is 26.0. The number of amides is 1. The smallest absolute Gasteiger partial charge is 0.412 e. The molecule has 0 spiro atoms. The minimum Gasteiger partial charge on any atom is -0.428 e. The van der Waals surface area contributed by atoms with Crippen molar-refractivity contribution in [1.82, 2.24) is 9.88 Å². The maximum absolute atomic E-state index is 12.7. The summed E-state index contributed by atoms with van der Waals surface area (Å²) in [5, 5.41) is 0.584. The quantitative estimate of drug-likeness (QED) is 0.115. The molecule has 0 aromatic carbocycles. The van der Waals surface area contributed by atoms with Gasteiger partial charge in [0.25, 0.3) is 0 Å². The van der Waals surface area contributed by atoms with Gasteiger partial charge in [-0.2, -0.15) is 0 Å². The van der Waals surface area contributed by atoms with Crippen LogP contribution in [0.5, 0.6) is 0 Å². The monoisotopic (exact) mass is 523 g/mol. The van der Waals surface area contributed by atoms with E-state index in [0.29, 0.717) is 18.1 Å². The third-order valence-electron chi connectivity index (χ3n) is 6.96. The van der Waals surface area contributed by atoms with Crippen molar-refractivity contribution in [3.05, 3.63) is 10.6 Å². The van der Waals surface area contributed by atoms with E-state index < -0.39 is 6.09 Å². The van der Waals surface area contributed by atoms with Gasteiger partial charge < -0.3 is 20.1 Å². The van der Waals surface area contributed by atoms with E-state index in [9.17, 15) is 9.59 Å². The number of aromatic nitrogens is 1. The minimum atomic E-state index is -0.420. The minimum absolute atomic E-state index is 0.0614. The average Bonchev–Trinajstić information content (AvgIpc) is 3.24. The summed E-state index contributed by atoms with van der Waals surface area (Å²) in [5.74, 6) is -0.296. The Bertz CT molecular complexity index is 755. The van der Waals surface area contributed by atoms with E-state index in [1.54, 1.807) is 4.90 Å². The second kappa shape index (κ2) is 18.4. The van der Waals surface area contributed by atoms with Gasteiger partial charge in [0, 0.05) is 30.3 Å².